The SMILES string of the molecule is CC(C)(C)c1ccc(C2(C)NC(=O)N(CC(=O)c3cccc([N+](=O)[O-])c3)C2=O)cc1. The number of hydrogen-bond donors (Lipinski definition) is 1. The van der Waals surface area contributed by atoms with Gasteiger partial charge in [-0.15, -0.1) is 0 Å². The van der Waals surface area contributed by atoms with Crippen molar-refractivity contribution in [2.75, 3.05) is 6.54 Å². The summed E-state index contributed by atoms with van der Waals surface area (Å²) in [4.78, 5) is 49.2. The largest absolute Gasteiger partial charge is 0.325 e. The van der Waals surface area contributed by atoms with Crippen molar-refractivity contribution in [2.45, 2.75) is 38.6 Å². The Hall–Kier alpha value is -3.55. The summed E-state index contributed by atoms with van der Waals surface area (Å²) in [5, 5.41) is 13.6. The number of benzene rings is 2. The van der Waals surface area contributed by atoms with E-state index in [-0.39, 0.29) is 16.7 Å². The summed E-state index contributed by atoms with van der Waals surface area (Å²) < 4.78 is 0. The molecule has 1 atom stereocenters. The Morgan fingerprint density at radius 3 is 2.33 bits per heavy atom. The van der Waals surface area contributed by atoms with Gasteiger partial charge in [-0.2, -0.15) is 0 Å². The Labute approximate surface area is 174 Å². The topological polar surface area (TPSA) is 110 Å². The summed E-state index contributed by atoms with van der Waals surface area (Å²) in [5.74, 6) is -1.11. The van der Waals surface area contributed by atoms with Crippen molar-refractivity contribution in [1.82, 2.24) is 10.2 Å². The van der Waals surface area contributed by atoms with Crippen molar-refractivity contribution < 1.29 is 19.3 Å². The zero-order chi connectivity index (χ0) is 22.3. The lowest BCUT2D eigenvalue weighted by molar-refractivity contribution is -0.384. The lowest BCUT2D eigenvalue weighted by atomic mass is 9.84. The summed E-state index contributed by atoms with van der Waals surface area (Å²) in [6.07, 6.45) is 0. The third kappa shape index (κ3) is 3.80. The molecule has 30 heavy (non-hydrogen) atoms. The lowest BCUT2D eigenvalue weighted by Crippen LogP contribution is -2.41. The third-order valence-corrected chi connectivity index (χ3v) is 5.28. The molecule has 1 aliphatic heterocycles. The van der Waals surface area contributed by atoms with Crippen LogP contribution in [0.5, 0.6) is 0 Å². The Bertz CT molecular complexity index is 1040. The van der Waals surface area contributed by atoms with Gasteiger partial charge in [-0.25, -0.2) is 4.79 Å². The molecule has 1 fully saturated rings. The van der Waals surface area contributed by atoms with Crippen LogP contribution in [-0.2, 0) is 15.7 Å². The van der Waals surface area contributed by atoms with E-state index in [0.29, 0.717) is 5.56 Å². The summed E-state index contributed by atoms with van der Waals surface area (Å²) in [6.45, 7) is 7.33. The molecular weight excluding hydrogens is 386 g/mol. The first-order valence-electron chi connectivity index (χ1n) is 9.46. The average molecular weight is 409 g/mol. The number of hydrogen-bond acceptors (Lipinski definition) is 5. The van der Waals surface area contributed by atoms with E-state index in [1.165, 1.54) is 18.2 Å². The predicted molar refractivity (Wildman–Crippen MR) is 110 cm³/mol. The fourth-order valence-electron chi connectivity index (χ4n) is 3.37. The number of ketones is 1. The number of nitro groups is 1. The highest BCUT2D eigenvalue weighted by atomic mass is 16.6. The molecule has 3 rings (SSSR count). The number of nitrogens with one attached hydrogen (secondary N) is 1. The number of Topliss-reactive ketones (excluding diaryl/α,β-unsaturated/α-hetero) is 1. The third-order valence-electron chi connectivity index (χ3n) is 5.28. The molecule has 0 saturated carbocycles. The van der Waals surface area contributed by atoms with E-state index < -0.39 is 34.7 Å². The molecule has 1 N–H and O–H groups in total. The highest BCUT2D eigenvalue weighted by Gasteiger charge is 2.49. The van der Waals surface area contributed by atoms with Crippen LogP contribution < -0.4 is 5.32 Å². The summed E-state index contributed by atoms with van der Waals surface area (Å²) >= 11 is 0. The van der Waals surface area contributed by atoms with E-state index in [9.17, 15) is 24.5 Å². The monoisotopic (exact) mass is 409 g/mol. The minimum atomic E-state index is -1.30. The lowest BCUT2D eigenvalue weighted by Gasteiger charge is -2.24. The van der Waals surface area contributed by atoms with Crippen LogP contribution >= 0.6 is 0 Å². The highest BCUT2D eigenvalue weighted by molar-refractivity contribution is 6.11. The molecule has 0 aromatic heterocycles. The molecule has 1 unspecified atom stereocenters. The normalized spacial score (nSPS) is 19.0. The van der Waals surface area contributed by atoms with E-state index in [0.717, 1.165) is 16.5 Å². The maximum atomic E-state index is 13.0. The molecule has 1 saturated heterocycles. The van der Waals surface area contributed by atoms with Crippen LogP contribution in [0.25, 0.3) is 0 Å². The zero-order valence-corrected chi connectivity index (χ0v) is 17.3. The zero-order valence-electron chi connectivity index (χ0n) is 17.3. The molecule has 8 heteroatoms. The van der Waals surface area contributed by atoms with Crippen LogP contribution in [0.15, 0.2) is 48.5 Å². The van der Waals surface area contributed by atoms with Crippen molar-refractivity contribution >= 4 is 23.4 Å². The number of nitrogens with zero attached hydrogens (tertiary/aromatic N) is 2. The molecule has 1 aliphatic rings. The van der Waals surface area contributed by atoms with Crippen molar-refractivity contribution in [3.05, 3.63) is 75.3 Å². The summed E-state index contributed by atoms with van der Waals surface area (Å²) in [7, 11) is 0. The van der Waals surface area contributed by atoms with Gasteiger partial charge in [0.15, 0.2) is 5.78 Å². The van der Waals surface area contributed by atoms with Crippen molar-refractivity contribution in [3.63, 3.8) is 0 Å². The van der Waals surface area contributed by atoms with E-state index in [1.54, 1.807) is 19.1 Å². The average Bonchev–Trinajstić information content (AvgIpc) is 2.91. The molecule has 2 aromatic carbocycles. The Morgan fingerprint density at radius 2 is 1.77 bits per heavy atom. The number of imide groups is 1. The molecule has 0 aliphatic carbocycles. The van der Waals surface area contributed by atoms with Gasteiger partial charge in [0.1, 0.15) is 5.54 Å². The number of rotatable bonds is 5. The number of nitro benzene ring substituents is 1. The second-order valence-corrected chi connectivity index (χ2v) is 8.50. The molecule has 156 valence electrons. The van der Waals surface area contributed by atoms with Gasteiger partial charge >= 0.3 is 6.03 Å². The van der Waals surface area contributed by atoms with Crippen LogP contribution in [0, 0.1) is 10.1 Å². The number of carbonyl (C=O) groups excluding carboxylic acids is 3. The van der Waals surface area contributed by atoms with E-state index in [1.807, 2.05) is 12.1 Å². The minimum Gasteiger partial charge on any atom is -0.319 e. The van der Waals surface area contributed by atoms with Gasteiger partial charge in [0, 0.05) is 17.7 Å². The van der Waals surface area contributed by atoms with Gasteiger partial charge in [0.25, 0.3) is 11.6 Å². The molecule has 3 amide bonds. The first-order chi connectivity index (χ1) is 13.9. The van der Waals surface area contributed by atoms with Crippen LogP contribution in [0.2, 0.25) is 0 Å². The van der Waals surface area contributed by atoms with Gasteiger partial charge < -0.3 is 5.32 Å². The molecular formula is C22H23N3O5. The quantitative estimate of drug-likeness (QED) is 0.351. The fraction of sp³-hybridized carbons (Fsp3) is 0.318. The van der Waals surface area contributed by atoms with Gasteiger partial charge in [-0.1, -0.05) is 57.2 Å². The van der Waals surface area contributed by atoms with Crippen molar-refractivity contribution in [2.24, 2.45) is 0 Å². The van der Waals surface area contributed by atoms with Crippen LogP contribution in [0.3, 0.4) is 0 Å². The first-order valence-corrected chi connectivity index (χ1v) is 9.46. The second kappa shape index (κ2) is 7.37. The van der Waals surface area contributed by atoms with Crippen molar-refractivity contribution in [1.29, 1.82) is 0 Å². The fourth-order valence-corrected chi connectivity index (χ4v) is 3.37. The maximum absolute atomic E-state index is 13.0. The molecule has 8 nitrogen and oxygen atoms in total. The minimum absolute atomic E-state index is 0.0564. The van der Waals surface area contributed by atoms with E-state index >= 15 is 0 Å². The van der Waals surface area contributed by atoms with Gasteiger partial charge in [-0.05, 0) is 23.5 Å². The van der Waals surface area contributed by atoms with Crippen molar-refractivity contribution in [3.8, 4) is 0 Å². The van der Waals surface area contributed by atoms with Gasteiger partial charge in [0.2, 0.25) is 0 Å². The Morgan fingerprint density at radius 1 is 1.13 bits per heavy atom. The summed E-state index contributed by atoms with van der Waals surface area (Å²) in [5.41, 5.74) is 0.175. The number of amides is 3. The molecule has 1 heterocycles. The van der Waals surface area contributed by atoms with Crippen LogP contribution in [-0.4, -0.2) is 34.1 Å². The molecule has 0 spiro atoms. The van der Waals surface area contributed by atoms with Crippen LogP contribution in [0.4, 0.5) is 10.5 Å². The van der Waals surface area contributed by atoms with Gasteiger partial charge in [0.05, 0.1) is 11.5 Å². The predicted octanol–water partition coefficient (Wildman–Crippen LogP) is 3.54. The molecule has 2 aromatic rings. The molecule has 0 bridgehead atoms. The highest BCUT2D eigenvalue weighted by Crippen LogP contribution is 2.31. The van der Waals surface area contributed by atoms with E-state index in [4.69, 9.17) is 0 Å². The summed E-state index contributed by atoms with van der Waals surface area (Å²) in [6, 6.07) is 11.9. The Kier molecular flexibility index (Phi) is 5.20. The second-order valence-electron chi connectivity index (χ2n) is 8.50. The van der Waals surface area contributed by atoms with Gasteiger partial charge in [-0.3, -0.25) is 24.6 Å². The number of non-ortho nitro benzene ring substituents is 1. The number of urea groups is 1. The Balaban J connectivity index is 1.83. The standard InChI is InChI=1S/C22H23N3O5/c1-21(2,3)15-8-10-16(11-9-15)22(4)19(27)24(20(28)23-22)13-18(26)14-6-5-7-17(12-14)25(29)30/h5-12H,13H2,1-4H3,(H,23,28). The smallest absolute Gasteiger partial charge is 0.319 e. The van der Waals surface area contributed by atoms with E-state index in [2.05, 4.69) is 26.1 Å². The number of carbonyl (C=O) groups is 3. The first kappa shape index (κ1) is 21.2. The van der Waals surface area contributed by atoms with Crippen LogP contribution in [0.1, 0.15) is 49.2 Å². The molecule has 0 radical (unpaired) electrons. The maximum Gasteiger partial charge on any atom is 0.325 e.